The molecule has 0 spiro atoms. The Morgan fingerprint density at radius 3 is 2.82 bits per heavy atom. The second-order valence-electron chi connectivity index (χ2n) is 3.11. The van der Waals surface area contributed by atoms with Crippen LogP contribution in [0.2, 0.25) is 0 Å². The Morgan fingerprint density at radius 2 is 2.18 bits per heavy atom. The molecule has 0 aromatic rings. The van der Waals surface area contributed by atoms with Gasteiger partial charge in [0.2, 0.25) is 0 Å². The first-order valence-corrected chi connectivity index (χ1v) is 4.39. The second-order valence-corrected chi connectivity index (χ2v) is 3.11. The minimum absolute atomic E-state index is 0.233. The summed E-state index contributed by atoms with van der Waals surface area (Å²) in [6, 6.07) is 2.15. The Hall–Kier alpha value is -0.550. The molecule has 1 fully saturated rings. The molecule has 0 aliphatic carbocycles. The SMILES string of the molecule is CCC[C@H]1CC[C@@H](CC#N)O1. The van der Waals surface area contributed by atoms with Gasteiger partial charge in [0.25, 0.3) is 0 Å². The minimum Gasteiger partial charge on any atom is -0.374 e. The molecule has 0 aromatic heterocycles. The molecule has 1 rings (SSSR count). The quantitative estimate of drug-likeness (QED) is 0.623. The van der Waals surface area contributed by atoms with Crippen LogP contribution in [-0.2, 0) is 4.74 Å². The smallest absolute Gasteiger partial charge is 0.0709 e. The van der Waals surface area contributed by atoms with Gasteiger partial charge in [0.05, 0.1) is 24.7 Å². The molecule has 0 saturated carbocycles. The first-order chi connectivity index (χ1) is 5.36. The summed E-state index contributed by atoms with van der Waals surface area (Å²) in [7, 11) is 0. The van der Waals surface area contributed by atoms with Crippen LogP contribution in [0.15, 0.2) is 0 Å². The fourth-order valence-electron chi connectivity index (χ4n) is 1.57. The van der Waals surface area contributed by atoms with E-state index in [0.29, 0.717) is 12.5 Å². The number of hydrogen-bond donors (Lipinski definition) is 0. The molecular formula is C9H15NO. The molecular weight excluding hydrogens is 138 g/mol. The summed E-state index contributed by atoms with van der Waals surface area (Å²) in [6.45, 7) is 2.17. The number of rotatable bonds is 3. The minimum atomic E-state index is 0.233. The highest BCUT2D eigenvalue weighted by Gasteiger charge is 2.23. The summed E-state index contributed by atoms with van der Waals surface area (Å²) >= 11 is 0. The van der Waals surface area contributed by atoms with E-state index in [1.165, 1.54) is 6.42 Å². The predicted octanol–water partition coefficient (Wildman–Crippen LogP) is 2.25. The van der Waals surface area contributed by atoms with Gasteiger partial charge in [0.15, 0.2) is 0 Å². The van der Waals surface area contributed by atoms with E-state index in [1.54, 1.807) is 0 Å². The molecule has 1 aliphatic heterocycles. The van der Waals surface area contributed by atoms with Gasteiger partial charge < -0.3 is 4.74 Å². The van der Waals surface area contributed by atoms with Gasteiger partial charge in [0, 0.05) is 0 Å². The number of hydrogen-bond acceptors (Lipinski definition) is 2. The third-order valence-electron chi connectivity index (χ3n) is 2.13. The van der Waals surface area contributed by atoms with Crippen molar-refractivity contribution in [2.45, 2.75) is 51.2 Å². The molecule has 1 saturated heterocycles. The van der Waals surface area contributed by atoms with E-state index in [2.05, 4.69) is 13.0 Å². The van der Waals surface area contributed by atoms with E-state index >= 15 is 0 Å². The van der Waals surface area contributed by atoms with Gasteiger partial charge in [-0.05, 0) is 19.3 Å². The molecule has 0 radical (unpaired) electrons. The molecule has 0 aromatic carbocycles. The number of ether oxygens (including phenoxy) is 1. The second kappa shape index (κ2) is 4.35. The standard InChI is InChI=1S/C9H15NO/c1-2-3-8-4-5-9(11-8)6-7-10/h8-9H,2-6H2,1H3/t8-,9-/m0/s1. The zero-order valence-corrected chi connectivity index (χ0v) is 7.05. The lowest BCUT2D eigenvalue weighted by atomic mass is 10.1. The third-order valence-corrected chi connectivity index (χ3v) is 2.13. The predicted molar refractivity (Wildman–Crippen MR) is 43.0 cm³/mol. The Bertz CT molecular complexity index is 150. The van der Waals surface area contributed by atoms with Gasteiger partial charge in [-0.25, -0.2) is 0 Å². The van der Waals surface area contributed by atoms with Crippen LogP contribution in [0.5, 0.6) is 0 Å². The highest BCUT2D eigenvalue weighted by molar-refractivity contribution is 4.82. The van der Waals surface area contributed by atoms with Crippen molar-refractivity contribution in [1.82, 2.24) is 0 Å². The van der Waals surface area contributed by atoms with Gasteiger partial charge in [-0.2, -0.15) is 5.26 Å². The summed E-state index contributed by atoms with van der Waals surface area (Å²) in [6.07, 6.45) is 5.82. The molecule has 0 N–H and O–H groups in total. The molecule has 11 heavy (non-hydrogen) atoms. The highest BCUT2D eigenvalue weighted by Crippen LogP contribution is 2.24. The van der Waals surface area contributed by atoms with Gasteiger partial charge >= 0.3 is 0 Å². The topological polar surface area (TPSA) is 33.0 Å². The Balaban J connectivity index is 2.19. The van der Waals surface area contributed by atoms with Gasteiger partial charge in [-0.15, -0.1) is 0 Å². The summed E-state index contributed by atoms with van der Waals surface area (Å²) < 4.78 is 5.62. The van der Waals surface area contributed by atoms with E-state index in [1.807, 2.05) is 0 Å². The fraction of sp³-hybridized carbons (Fsp3) is 0.889. The van der Waals surface area contributed by atoms with E-state index in [9.17, 15) is 0 Å². The van der Waals surface area contributed by atoms with E-state index < -0.39 is 0 Å². The summed E-state index contributed by atoms with van der Waals surface area (Å²) in [4.78, 5) is 0. The zero-order valence-electron chi connectivity index (χ0n) is 7.05. The summed E-state index contributed by atoms with van der Waals surface area (Å²) in [5, 5.41) is 8.41. The van der Waals surface area contributed by atoms with Crippen LogP contribution in [0.3, 0.4) is 0 Å². The largest absolute Gasteiger partial charge is 0.374 e. The first-order valence-electron chi connectivity index (χ1n) is 4.39. The normalized spacial score (nSPS) is 30.2. The Morgan fingerprint density at radius 1 is 1.45 bits per heavy atom. The lowest BCUT2D eigenvalue weighted by Crippen LogP contribution is -2.09. The van der Waals surface area contributed by atoms with Crippen molar-refractivity contribution in [2.24, 2.45) is 0 Å². The molecule has 2 atom stereocenters. The monoisotopic (exact) mass is 153 g/mol. The maximum absolute atomic E-state index is 8.41. The van der Waals surface area contributed by atoms with Gasteiger partial charge in [0.1, 0.15) is 0 Å². The average molecular weight is 153 g/mol. The van der Waals surface area contributed by atoms with E-state index in [4.69, 9.17) is 10.00 Å². The van der Waals surface area contributed by atoms with Crippen LogP contribution in [0.25, 0.3) is 0 Å². The highest BCUT2D eigenvalue weighted by atomic mass is 16.5. The summed E-state index contributed by atoms with van der Waals surface area (Å²) in [5.74, 6) is 0. The third kappa shape index (κ3) is 2.51. The van der Waals surface area contributed by atoms with Crippen molar-refractivity contribution < 1.29 is 4.74 Å². The zero-order chi connectivity index (χ0) is 8.10. The van der Waals surface area contributed by atoms with Crippen molar-refractivity contribution in [3.8, 4) is 6.07 Å². The fourth-order valence-corrected chi connectivity index (χ4v) is 1.57. The molecule has 1 heterocycles. The Labute approximate surface area is 68.2 Å². The Kier molecular flexibility index (Phi) is 3.38. The maximum Gasteiger partial charge on any atom is 0.0709 e. The molecule has 62 valence electrons. The van der Waals surface area contributed by atoms with Crippen LogP contribution in [0.4, 0.5) is 0 Å². The van der Waals surface area contributed by atoms with Crippen molar-refractivity contribution in [2.75, 3.05) is 0 Å². The molecule has 0 unspecified atom stereocenters. The van der Waals surface area contributed by atoms with Crippen LogP contribution in [0, 0.1) is 11.3 Å². The van der Waals surface area contributed by atoms with Crippen LogP contribution >= 0.6 is 0 Å². The molecule has 1 aliphatic rings. The molecule has 2 nitrogen and oxygen atoms in total. The van der Waals surface area contributed by atoms with Crippen molar-refractivity contribution >= 4 is 0 Å². The number of nitrogens with zero attached hydrogens (tertiary/aromatic N) is 1. The molecule has 2 heteroatoms. The van der Waals surface area contributed by atoms with Crippen molar-refractivity contribution in [3.05, 3.63) is 0 Å². The van der Waals surface area contributed by atoms with Gasteiger partial charge in [-0.1, -0.05) is 13.3 Å². The lowest BCUT2D eigenvalue weighted by Gasteiger charge is -2.09. The lowest BCUT2D eigenvalue weighted by molar-refractivity contribution is 0.0430. The summed E-state index contributed by atoms with van der Waals surface area (Å²) in [5.41, 5.74) is 0. The molecule has 0 amide bonds. The first kappa shape index (κ1) is 8.55. The molecule has 0 bridgehead atoms. The average Bonchev–Trinajstić information content (AvgIpc) is 2.38. The van der Waals surface area contributed by atoms with Crippen LogP contribution in [-0.4, -0.2) is 12.2 Å². The van der Waals surface area contributed by atoms with Crippen molar-refractivity contribution in [3.63, 3.8) is 0 Å². The van der Waals surface area contributed by atoms with E-state index in [0.717, 1.165) is 19.3 Å². The van der Waals surface area contributed by atoms with Gasteiger partial charge in [-0.3, -0.25) is 0 Å². The van der Waals surface area contributed by atoms with E-state index in [-0.39, 0.29) is 6.10 Å². The maximum atomic E-state index is 8.41. The van der Waals surface area contributed by atoms with Crippen LogP contribution < -0.4 is 0 Å². The van der Waals surface area contributed by atoms with Crippen molar-refractivity contribution in [1.29, 1.82) is 5.26 Å². The van der Waals surface area contributed by atoms with Crippen LogP contribution in [0.1, 0.15) is 39.0 Å². The number of nitriles is 1.